The first-order valence-corrected chi connectivity index (χ1v) is 6.02. The molecule has 0 unspecified atom stereocenters. The summed E-state index contributed by atoms with van der Waals surface area (Å²) in [6, 6.07) is 4.95. The van der Waals surface area contributed by atoms with Crippen LogP contribution in [0.4, 0.5) is 4.39 Å². The van der Waals surface area contributed by atoms with Gasteiger partial charge in [-0.25, -0.2) is 4.39 Å². The molecule has 0 aliphatic rings. The van der Waals surface area contributed by atoms with Gasteiger partial charge in [-0.2, -0.15) is 5.10 Å². The molecule has 2 aromatic rings. The minimum absolute atomic E-state index is 0.208. The van der Waals surface area contributed by atoms with E-state index < -0.39 is 0 Å². The molecule has 90 valence electrons. The molecule has 1 aromatic carbocycles. The van der Waals surface area contributed by atoms with Crippen molar-refractivity contribution < 1.29 is 4.39 Å². The second kappa shape index (κ2) is 4.58. The summed E-state index contributed by atoms with van der Waals surface area (Å²) in [5, 5.41) is 4.39. The summed E-state index contributed by atoms with van der Waals surface area (Å²) in [6.45, 7) is 2.14. The van der Waals surface area contributed by atoms with Crippen LogP contribution in [-0.2, 0) is 13.6 Å². The highest BCUT2D eigenvalue weighted by Crippen LogP contribution is 2.30. The van der Waals surface area contributed by atoms with Crippen molar-refractivity contribution in [2.45, 2.75) is 13.5 Å². The van der Waals surface area contributed by atoms with E-state index in [2.05, 4.69) is 21.0 Å². The zero-order valence-electron chi connectivity index (χ0n) is 9.67. The highest BCUT2D eigenvalue weighted by Gasteiger charge is 2.14. The van der Waals surface area contributed by atoms with E-state index in [9.17, 15) is 4.39 Å². The van der Waals surface area contributed by atoms with Gasteiger partial charge in [0.05, 0.1) is 10.2 Å². The van der Waals surface area contributed by atoms with E-state index in [1.807, 2.05) is 7.05 Å². The molecule has 0 aliphatic heterocycles. The number of rotatable bonds is 2. The van der Waals surface area contributed by atoms with Crippen LogP contribution >= 0.6 is 15.9 Å². The topological polar surface area (TPSA) is 43.8 Å². The number of halogens is 2. The van der Waals surface area contributed by atoms with Crippen LogP contribution in [-0.4, -0.2) is 9.78 Å². The number of nitrogens with zero attached hydrogens (tertiary/aromatic N) is 2. The summed E-state index contributed by atoms with van der Waals surface area (Å²) in [5.41, 5.74) is 8.84. The minimum Gasteiger partial charge on any atom is -0.325 e. The Morgan fingerprint density at radius 2 is 2.18 bits per heavy atom. The van der Waals surface area contributed by atoms with Gasteiger partial charge in [-0.1, -0.05) is 0 Å². The lowest BCUT2D eigenvalue weighted by molar-refractivity contribution is 0.618. The number of nitrogens with two attached hydrogens (primary N) is 1. The van der Waals surface area contributed by atoms with Crippen LogP contribution in [0.3, 0.4) is 0 Å². The maximum absolute atomic E-state index is 13.2. The maximum Gasteiger partial charge on any atom is 0.126 e. The monoisotopic (exact) mass is 297 g/mol. The molecule has 3 nitrogen and oxygen atoms in total. The van der Waals surface area contributed by atoms with Crippen LogP contribution in [0.15, 0.2) is 22.7 Å². The van der Waals surface area contributed by atoms with Crippen LogP contribution in [0.2, 0.25) is 0 Å². The first kappa shape index (κ1) is 12.3. The van der Waals surface area contributed by atoms with Crippen molar-refractivity contribution in [2.24, 2.45) is 12.8 Å². The van der Waals surface area contributed by atoms with Gasteiger partial charge in [0.15, 0.2) is 0 Å². The van der Waals surface area contributed by atoms with Gasteiger partial charge in [-0.3, -0.25) is 4.68 Å². The lowest BCUT2D eigenvalue weighted by Gasteiger charge is -2.01. The smallest absolute Gasteiger partial charge is 0.126 e. The Morgan fingerprint density at radius 1 is 1.47 bits per heavy atom. The largest absolute Gasteiger partial charge is 0.325 e. The average molecular weight is 298 g/mol. The molecule has 0 saturated heterocycles. The summed E-state index contributed by atoms with van der Waals surface area (Å²) < 4.78 is 15.8. The fourth-order valence-electron chi connectivity index (χ4n) is 1.73. The van der Waals surface area contributed by atoms with Gasteiger partial charge in [-0.05, 0) is 46.6 Å². The maximum atomic E-state index is 13.2. The normalized spacial score (nSPS) is 10.9. The average Bonchev–Trinajstić information content (AvgIpc) is 2.58. The van der Waals surface area contributed by atoms with Gasteiger partial charge < -0.3 is 5.73 Å². The second-order valence-corrected chi connectivity index (χ2v) is 4.69. The molecule has 0 aliphatic carbocycles. The fourth-order valence-corrected chi connectivity index (χ4v) is 2.46. The molecule has 1 aromatic heterocycles. The van der Waals surface area contributed by atoms with Crippen LogP contribution in [0.25, 0.3) is 11.3 Å². The van der Waals surface area contributed by atoms with Crippen molar-refractivity contribution >= 4 is 15.9 Å². The SMILES string of the molecule is Cc1cc(-c2nn(C)c(CN)c2Br)ccc1F. The molecule has 1 heterocycles. The van der Waals surface area contributed by atoms with E-state index in [0.29, 0.717) is 12.1 Å². The van der Waals surface area contributed by atoms with Crippen molar-refractivity contribution in [3.05, 3.63) is 39.7 Å². The van der Waals surface area contributed by atoms with Gasteiger partial charge in [0.1, 0.15) is 11.5 Å². The Balaban J connectivity index is 2.57. The van der Waals surface area contributed by atoms with Gasteiger partial charge in [-0.15, -0.1) is 0 Å². The van der Waals surface area contributed by atoms with Crippen LogP contribution < -0.4 is 5.73 Å². The van der Waals surface area contributed by atoms with E-state index in [1.165, 1.54) is 6.07 Å². The fraction of sp³-hybridized carbons (Fsp3) is 0.250. The third-order valence-corrected chi connectivity index (χ3v) is 3.56. The van der Waals surface area contributed by atoms with E-state index in [1.54, 1.807) is 23.7 Å². The molecular formula is C12H13BrFN3. The summed E-state index contributed by atoms with van der Waals surface area (Å²) in [6.07, 6.45) is 0. The molecule has 5 heteroatoms. The van der Waals surface area contributed by atoms with E-state index >= 15 is 0 Å². The summed E-state index contributed by atoms with van der Waals surface area (Å²) in [5.74, 6) is -0.208. The van der Waals surface area contributed by atoms with Gasteiger partial charge in [0.2, 0.25) is 0 Å². The van der Waals surface area contributed by atoms with Crippen molar-refractivity contribution in [2.75, 3.05) is 0 Å². The lowest BCUT2D eigenvalue weighted by atomic mass is 10.1. The number of aromatic nitrogens is 2. The van der Waals surface area contributed by atoms with Crippen molar-refractivity contribution in [1.82, 2.24) is 9.78 Å². The summed E-state index contributed by atoms with van der Waals surface area (Å²) in [7, 11) is 1.84. The predicted molar refractivity (Wildman–Crippen MR) is 68.9 cm³/mol. The van der Waals surface area contributed by atoms with Crippen LogP contribution in [0, 0.1) is 12.7 Å². The highest BCUT2D eigenvalue weighted by molar-refractivity contribution is 9.10. The van der Waals surface area contributed by atoms with Crippen molar-refractivity contribution in [3.8, 4) is 11.3 Å². The third-order valence-electron chi connectivity index (χ3n) is 2.73. The van der Waals surface area contributed by atoms with Gasteiger partial charge in [0.25, 0.3) is 0 Å². The third kappa shape index (κ3) is 2.12. The molecule has 0 bridgehead atoms. The van der Waals surface area contributed by atoms with Crippen molar-refractivity contribution in [3.63, 3.8) is 0 Å². The zero-order valence-corrected chi connectivity index (χ0v) is 11.3. The zero-order chi connectivity index (χ0) is 12.6. The standard InChI is InChI=1S/C12H13BrFN3/c1-7-5-8(3-4-9(7)14)12-11(13)10(6-15)17(2)16-12/h3-5H,6,15H2,1-2H3. The quantitative estimate of drug-likeness (QED) is 0.926. The van der Waals surface area contributed by atoms with Crippen LogP contribution in [0.5, 0.6) is 0 Å². The van der Waals surface area contributed by atoms with E-state index in [4.69, 9.17) is 5.73 Å². The first-order valence-electron chi connectivity index (χ1n) is 5.22. The summed E-state index contributed by atoms with van der Waals surface area (Å²) >= 11 is 3.48. The molecule has 0 radical (unpaired) electrons. The van der Waals surface area contributed by atoms with Crippen LogP contribution in [0.1, 0.15) is 11.3 Å². The molecule has 2 rings (SSSR count). The molecule has 0 fully saturated rings. The number of hydrogen-bond acceptors (Lipinski definition) is 2. The number of aryl methyl sites for hydroxylation is 2. The highest BCUT2D eigenvalue weighted by atomic mass is 79.9. The molecule has 0 atom stereocenters. The van der Waals surface area contributed by atoms with E-state index in [0.717, 1.165) is 21.4 Å². The number of hydrogen-bond donors (Lipinski definition) is 1. The second-order valence-electron chi connectivity index (χ2n) is 3.90. The number of benzene rings is 1. The predicted octanol–water partition coefficient (Wildman–Crippen LogP) is 2.76. The lowest BCUT2D eigenvalue weighted by Crippen LogP contribution is -2.04. The Hall–Kier alpha value is -1.20. The molecule has 2 N–H and O–H groups in total. The molecule has 0 saturated carbocycles. The molecule has 0 spiro atoms. The Bertz CT molecular complexity index is 563. The first-order chi connectivity index (χ1) is 8.04. The Labute approximate surface area is 108 Å². The van der Waals surface area contributed by atoms with Gasteiger partial charge in [0, 0.05) is 19.2 Å². The molecule has 0 amide bonds. The Kier molecular flexibility index (Phi) is 3.31. The van der Waals surface area contributed by atoms with Gasteiger partial charge >= 0.3 is 0 Å². The minimum atomic E-state index is -0.208. The summed E-state index contributed by atoms with van der Waals surface area (Å²) in [4.78, 5) is 0. The van der Waals surface area contributed by atoms with Crippen molar-refractivity contribution in [1.29, 1.82) is 0 Å². The molecular weight excluding hydrogens is 285 g/mol. The molecule has 17 heavy (non-hydrogen) atoms. The Morgan fingerprint density at radius 3 is 2.71 bits per heavy atom. The van der Waals surface area contributed by atoms with E-state index in [-0.39, 0.29) is 5.82 Å².